The zero-order valence-electron chi connectivity index (χ0n) is 11.6. The van der Waals surface area contributed by atoms with E-state index in [2.05, 4.69) is 0 Å². The summed E-state index contributed by atoms with van der Waals surface area (Å²) in [5.74, 6) is 0.253. The molecule has 0 saturated carbocycles. The molecule has 0 bridgehead atoms. The molecular formula is C14H20F3NO. The van der Waals surface area contributed by atoms with Crippen LogP contribution in [0.4, 0.5) is 13.2 Å². The van der Waals surface area contributed by atoms with E-state index in [1.807, 2.05) is 19.9 Å². The van der Waals surface area contributed by atoms with Gasteiger partial charge in [0.05, 0.1) is 6.04 Å². The van der Waals surface area contributed by atoms with Crippen molar-refractivity contribution < 1.29 is 17.9 Å². The van der Waals surface area contributed by atoms with Crippen molar-refractivity contribution in [2.75, 3.05) is 0 Å². The molecule has 0 aliphatic rings. The van der Waals surface area contributed by atoms with Crippen molar-refractivity contribution in [3.05, 3.63) is 28.8 Å². The molecule has 1 rings (SSSR count). The number of nitrogens with two attached hydrogens (primary N) is 1. The van der Waals surface area contributed by atoms with Gasteiger partial charge in [-0.3, -0.25) is 0 Å². The third-order valence-corrected chi connectivity index (χ3v) is 3.20. The number of halogens is 3. The van der Waals surface area contributed by atoms with Crippen LogP contribution in [0.2, 0.25) is 0 Å². The Labute approximate surface area is 111 Å². The minimum atomic E-state index is -4.47. The second-order valence-electron chi connectivity index (χ2n) is 4.86. The lowest BCUT2D eigenvalue weighted by Gasteiger charge is -2.27. The van der Waals surface area contributed by atoms with Gasteiger partial charge >= 0.3 is 6.18 Å². The molecule has 19 heavy (non-hydrogen) atoms. The van der Waals surface area contributed by atoms with Crippen LogP contribution in [0.1, 0.15) is 30.0 Å². The van der Waals surface area contributed by atoms with Gasteiger partial charge in [-0.1, -0.05) is 13.0 Å². The maximum atomic E-state index is 13.0. The van der Waals surface area contributed by atoms with Crippen molar-refractivity contribution in [1.82, 2.24) is 0 Å². The molecule has 1 aromatic carbocycles. The first-order valence-electron chi connectivity index (χ1n) is 6.23. The summed E-state index contributed by atoms with van der Waals surface area (Å²) in [6.45, 7) is 7.02. The average molecular weight is 275 g/mol. The Morgan fingerprint density at radius 1 is 1.21 bits per heavy atom. The van der Waals surface area contributed by atoms with Gasteiger partial charge in [0.15, 0.2) is 0 Å². The number of alkyl halides is 3. The number of aryl methyl sites for hydroxylation is 2. The first-order valence-corrected chi connectivity index (χ1v) is 6.23. The fraction of sp³-hybridized carbons (Fsp3) is 0.571. The minimum absolute atomic E-state index is 0.202. The number of hydrogen-bond acceptors (Lipinski definition) is 2. The van der Waals surface area contributed by atoms with Gasteiger partial charge < -0.3 is 10.5 Å². The highest BCUT2D eigenvalue weighted by atomic mass is 19.4. The van der Waals surface area contributed by atoms with Crippen LogP contribution >= 0.6 is 0 Å². The van der Waals surface area contributed by atoms with Crippen LogP contribution in [-0.2, 0) is 0 Å². The molecule has 0 heterocycles. The first-order chi connectivity index (χ1) is 8.66. The highest BCUT2D eigenvalue weighted by Gasteiger charge is 2.45. The van der Waals surface area contributed by atoms with Gasteiger partial charge in [-0.05, 0) is 49.9 Å². The molecular weight excluding hydrogens is 255 g/mol. The van der Waals surface area contributed by atoms with Crippen molar-refractivity contribution in [2.45, 2.75) is 52.4 Å². The summed E-state index contributed by atoms with van der Waals surface area (Å²) in [6.07, 6.45) is -6.24. The van der Waals surface area contributed by atoms with Gasteiger partial charge in [0.1, 0.15) is 5.75 Å². The summed E-state index contributed by atoms with van der Waals surface area (Å²) in [5.41, 5.74) is 8.01. The largest absolute Gasteiger partial charge is 0.479 e. The Hall–Kier alpha value is -1.23. The fourth-order valence-corrected chi connectivity index (χ4v) is 1.87. The van der Waals surface area contributed by atoms with E-state index in [0.29, 0.717) is 5.56 Å². The zero-order chi connectivity index (χ0) is 14.8. The van der Waals surface area contributed by atoms with Crippen LogP contribution in [0.5, 0.6) is 5.75 Å². The third-order valence-electron chi connectivity index (χ3n) is 3.20. The Morgan fingerprint density at radius 2 is 1.79 bits per heavy atom. The van der Waals surface area contributed by atoms with E-state index in [-0.39, 0.29) is 12.2 Å². The van der Waals surface area contributed by atoms with Gasteiger partial charge in [-0.15, -0.1) is 0 Å². The Morgan fingerprint density at radius 3 is 2.26 bits per heavy atom. The van der Waals surface area contributed by atoms with Crippen molar-refractivity contribution in [2.24, 2.45) is 5.73 Å². The molecule has 0 aliphatic heterocycles. The molecule has 0 aliphatic carbocycles. The SMILES string of the molecule is CCC(N)C(Oc1cc(C)cc(C)c1C)C(F)(F)F. The highest BCUT2D eigenvalue weighted by Crippen LogP contribution is 2.31. The van der Waals surface area contributed by atoms with Crippen molar-refractivity contribution in [3.63, 3.8) is 0 Å². The summed E-state index contributed by atoms with van der Waals surface area (Å²) < 4.78 is 44.1. The van der Waals surface area contributed by atoms with E-state index in [9.17, 15) is 13.2 Å². The van der Waals surface area contributed by atoms with Crippen LogP contribution in [-0.4, -0.2) is 18.3 Å². The molecule has 0 aromatic heterocycles. The molecule has 2 N–H and O–H groups in total. The number of rotatable bonds is 4. The Kier molecular flexibility index (Phi) is 4.85. The molecule has 0 amide bonds. The minimum Gasteiger partial charge on any atom is -0.479 e. The number of benzene rings is 1. The normalized spacial score (nSPS) is 15.2. The predicted octanol–water partition coefficient (Wildman–Crippen LogP) is 3.66. The molecule has 0 spiro atoms. The Bertz CT molecular complexity index is 443. The van der Waals surface area contributed by atoms with Crippen molar-refractivity contribution >= 4 is 0 Å². The summed E-state index contributed by atoms with van der Waals surface area (Å²) >= 11 is 0. The van der Waals surface area contributed by atoms with Crippen LogP contribution in [0.25, 0.3) is 0 Å². The molecule has 2 atom stereocenters. The summed E-state index contributed by atoms with van der Waals surface area (Å²) in [4.78, 5) is 0. The maximum Gasteiger partial charge on any atom is 0.426 e. The Balaban J connectivity index is 3.10. The van der Waals surface area contributed by atoms with Crippen LogP contribution in [0.3, 0.4) is 0 Å². The standard InChI is InChI=1S/C14H20F3NO/c1-5-11(18)13(14(15,16)17)19-12-7-8(2)6-9(3)10(12)4/h6-7,11,13H,5,18H2,1-4H3. The molecule has 108 valence electrons. The molecule has 0 fully saturated rings. The van der Waals surface area contributed by atoms with E-state index in [0.717, 1.165) is 11.1 Å². The fourth-order valence-electron chi connectivity index (χ4n) is 1.87. The van der Waals surface area contributed by atoms with Gasteiger partial charge in [-0.2, -0.15) is 13.2 Å². The lowest BCUT2D eigenvalue weighted by atomic mass is 10.0. The first kappa shape index (κ1) is 15.8. The average Bonchev–Trinajstić information content (AvgIpc) is 2.29. The molecule has 1 aromatic rings. The second kappa shape index (κ2) is 5.82. The predicted molar refractivity (Wildman–Crippen MR) is 69.4 cm³/mol. The van der Waals surface area contributed by atoms with E-state index in [4.69, 9.17) is 10.5 Å². The molecule has 2 unspecified atom stereocenters. The molecule has 5 heteroatoms. The van der Waals surface area contributed by atoms with Gasteiger partial charge in [0, 0.05) is 0 Å². The van der Waals surface area contributed by atoms with E-state index >= 15 is 0 Å². The topological polar surface area (TPSA) is 35.2 Å². The monoisotopic (exact) mass is 275 g/mol. The van der Waals surface area contributed by atoms with Crippen LogP contribution in [0.15, 0.2) is 12.1 Å². The highest BCUT2D eigenvalue weighted by molar-refractivity contribution is 5.42. The molecule has 0 radical (unpaired) electrons. The summed E-state index contributed by atoms with van der Waals surface area (Å²) in [5, 5.41) is 0. The van der Waals surface area contributed by atoms with E-state index in [1.54, 1.807) is 19.9 Å². The maximum absolute atomic E-state index is 13.0. The van der Waals surface area contributed by atoms with E-state index in [1.165, 1.54) is 0 Å². The summed E-state index contributed by atoms with van der Waals surface area (Å²) in [6, 6.07) is 2.45. The lowest BCUT2D eigenvalue weighted by Crippen LogP contribution is -2.48. The molecule has 2 nitrogen and oxygen atoms in total. The smallest absolute Gasteiger partial charge is 0.426 e. The van der Waals surface area contributed by atoms with Gasteiger partial charge in [-0.25, -0.2) is 0 Å². The van der Waals surface area contributed by atoms with Crippen LogP contribution < -0.4 is 10.5 Å². The van der Waals surface area contributed by atoms with Gasteiger partial charge in [0.2, 0.25) is 6.10 Å². The van der Waals surface area contributed by atoms with Crippen molar-refractivity contribution in [3.8, 4) is 5.75 Å². The third kappa shape index (κ3) is 3.86. The number of hydrogen-bond donors (Lipinski definition) is 1. The zero-order valence-corrected chi connectivity index (χ0v) is 11.6. The second-order valence-corrected chi connectivity index (χ2v) is 4.86. The van der Waals surface area contributed by atoms with E-state index < -0.39 is 18.3 Å². The lowest BCUT2D eigenvalue weighted by molar-refractivity contribution is -0.201. The van der Waals surface area contributed by atoms with Crippen LogP contribution in [0, 0.1) is 20.8 Å². The van der Waals surface area contributed by atoms with Crippen molar-refractivity contribution in [1.29, 1.82) is 0 Å². The quantitative estimate of drug-likeness (QED) is 0.910. The van der Waals surface area contributed by atoms with Gasteiger partial charge in [0.25, 0.3) is 0 Å². The summed E-state index contributed by atoms with van der Waals surface area (Å²) in [7, 11) is 0. The molecule has 0 saturated heterocycles. The number of ether oxygens (including phenoxy) is 1.